The number of unbranched alkanes of at least 4 members (excludes halogenated alkanes) is 1. The van der Waals surface area contributed by atoms with Gasteiger partial charge in [0.05, 0.1) is 0 Å². The highest BCUT2D eigenvalue weighted by Crippen LogP contribution is 2.25. The largest absolute Gasteiger partial charge is 0.354 e. The number of halogens is 1. The molecule has 0 heterocycles. The molecule has 0 bridgehead atoms. The monoisotopic (exact) mass is 462 g/mol. The average molecular weight is 463 g/mol. The summed E-state index contributed by atoms with van der Waals surface area (Å²) < 4.78 is 0. The molecule has 3 aromatic carbocycles. The number of carbonyl (C=O) groups excluding carboxylic acids is 2. The van der Waals surface area contributed by atoms with Crippen molar-refractivity contribution < 1.29 is 9.59 Å². The van der Waals surface area contributed by atoms with Crippen molar-refractivity contribution in [1.82, 2.24) is 10.2 Å². The van der Waals surface area contributed by atoms with Gasteiger partial charge in [0.2, 0.25) is 11.8 Å². The number of hydrogen-bond donors (Lipinski definition) is 1. The molecule has 3 rings (SSSR count). The summed E-state index contributed by atoms with van der Waals surface area (Å²) in [6.07, 6.45) is 2.83. The first-order valence-electron chi connectivity index (χ1n) is 11.5. The first-order chi connectivity index (χ1) is 16.1. The second kappa shape index (κ2) is 12.8. The van der Waals surface area contributed by atoms with E-state index in [-0.39, 0.29) is 11.8 Å². The van der Waals surface area contributed by atoms with Crippen molar-refractivity contribution in [3.05, 3.63) is 107 Å². The molecule has 1 unspecified atom stereocenters. The SMILES string of the molecule is CCCCNC(=O)C(c1ccccc1)N(Cc1ccc(Cl)cc1)C(=O)CCc1ccccc1. The topological polar surface area (TPSA) is 49.4 Å². The Labute approximate surface area is 201 Å². The van der Waals surface area contributed by atoms with Crippen LogP contribution in [0.1, 0.15) is 48.9 Å². The fraction of sp³-hybridized carbons (Fsp3) is 0.286. The molecule has 3 aromatic rings. The van der Waals surface area contributed by atoms with Gasteiger partial charge in [0.15, 0.2) is 0 Å². The standard InChI is InChI=1S/C28H31ClN2O2/c1-2-3-20-30-28(33)27(24-12-8-5-9-13-24)31(21-23-14-17-25(29)18-15-23)26(32)19-16-22-10-6-4-7-11-22/h4-15,17-18,27H,2-3,16,19-21H2,1H3,(H,30,33). The number of aryl methyl sites for hydroxylation is 1. The van der Waals surface area contributed by atoms with Crippen LogP contribution in [0.2, 0.25) is 5.02 Å². The molecule has 172 valence electrons. The molecule has 4 nitrogen and oxygen atoms in total. The van der Waals surface area contributed by atoms with Crippen LogP contribution in [0.3, 0.4) is 0 Å². The average Bonchev–Trinajstić information content (AvgIpc) is 2.85. The van der Waals surface area contributed by atoms with Crippen LogP contribution in [0.15, 0.2) is 84.9 Å². The molecule has 0 spiro atoms. The van der Waals surface area contributed by atoms with Gasteiger partial charge in [-0.1, -0.05) is 97.7 Å². The van der Waals surface area contributed by atoms with E-state index in [1.807, 2.05) is 84.9 Å². The zero-order valence-electron chi connectivity index (χ0n) is 19.0. The van der Waals surface area contributed by atoms with E-state index in [1.165, 1.54) is 0 Å². The number of carbonyl (C=O) groups is 2. The Morgan fingerprint density at radius 2 is 1.52 bits per heavy atom. The highest BCUT2D eigenvalue weighted by molar-refractivity contribution is 6.30. The van der Waals surface area contributed by atoms with Crippen molar-refractivity contribution in [1.29, 1.82) is 0 Å². The van der Waals surface area contributed by atoms with E-state index in [0.717, 1.165) is 29.5 Å². The van der Waals surface area contributed by atoms with Gasteiger partial charge in [-0.25, -0.2) is 0 Å². The summed E-state index contributed by atoms with van der Waals surface area (Å²) >= 11 is 6.06. The van der Waals surface area contributed by atoms with E-state index in [1.54, 1.807) is 4.90 Å². The summed E-state index contributed by atoms with van der Waals surface area (Å²) in [6.45, 7) is 3.00. The van der Waals surface area contributed by atoms with Crippen molar-refractivity contribution in [3.8, 4) is 0 Å². The number of rotatable bonds is 11. The lowest BCUT2D eigenvalue weighted by Crippen LogP contribution is -2.43. The molecule has 2 amide bonds. The van der Waals surface area contributed by atoms with Crippen molar-refractivity contribution in [2.75, 3.05) is 6.54 Å². The molecule has 0 aliphatic carbocycles. The maximum atomic E-state index is 13.6. The van der Waals surface area contributed by atoms with Crippen molar-refractivity contribution in [2.45, 2.75) is 45.2 Å². The number of amides is 2. The Morgan fingerprint density at radius 3 is 2.15 bits per heavy atom. The van der Waals surface area contributed by atoms with Crippen LogP contribution in [-0.2, 0) is 22.6 Å². The summed E-state index contributed by atoms with van der Waals surface area (Å²) in [5, 5.41) is 3.67. The van der Waals surface area contributed by atoms with Crippen LogP contribution in [0.5, 0.6) is 0 Å². The van der Waals surface area contributed by atoms with Gasteiger partial charge in [0.1, 0.15) is 6.04 Å². The summed E-state index contributed by atoms with van der Waals surface area (Å²) in [5.41, 5.74) is 2.82. The van der Waals surface area contributed by atoms with Crippen molar-refractivity contribution in [3.63, 3.8) is 0 Å². The van der Waals surface area contributed by atoms with Crippen LogP contribution < -0.4 is 5.32 Å². The molecule has 0 radical (unpaired) electrons. The third-order valence-electron chi connectivity index (χ3n) is 5.56. The molecule has 0 aromatic heterocycles. The van der Waals surface area contributed by atoms with Gasteiger partial charge in [0, 0.05) is 24.5 Å². The highest BCUT2D eigenvalue weighted by Gasteiger charge is 2.31. The molecule has 0 fully saturated rings. The summed E-state index contributed by atoms with van der Waals surface area (Å²) in [6, 6.07) is 26.2. The normalized spacial score (nSPS) is 11.6. The molecule has 0 saturated heterocycles. The first-order valence-corrected chi connectivity index (χ1v) is 11.9. The molecule has 5 heteroatoms. The number of hydrogen-bond acceptors (Lipinski definition) is 2. The van der Waals surface area contributed by atoms with Gasteiger partial charge in [-0.3, -0.25) is 9.59 Å². The Balaban J connectivity index is 1.90. The number of nitrogens with one attached hydrogen (secondary N) is 1. The Kier molecular flexibility index (Phi) is 9.52. The Hall–Kier alpha value is -3.11. The highest BCUT2D eigenvalue weighted by atomic mass is 35.5. The van der Waals surface area contributed by atoms with Crippen LogP contribution in [0.4, 0.5) is 0 Å². The zero-order valence-corrected chi connectivity index (χ0v) is 19.8. The van der Waals surface area contributed by atoms with Gasteiger partial charge in [0.25, 0.3) is 0 Å². The predicted octanol–water partition coefficient (Wildman–Crippen LogP) is 5.96. The smallest absolute Gasteiger partial charge is 0.247 e. The van der Waals surface area contributed by atoms with E-state index < -0.39 is 6.04 Å². The quantitative estimate of drug-likeness (QED) is 0.357. The fourth-order valence-electron chi connectivity index (χ4n) is 3.74. The minimum Gasteiger partial charge on any atom is -0.354 e. The summed E-state index contributed by atoms with van der Waals surface area (Å²) in [5.74, 6) is -0.218. The van der Waals surface area contributed by atoms with Crippen LogP contribution in [0.25, 0.3) is 0 Å². The molecule has 1 atom stereocenters. The van der Waals surface area contributed by atoms with Gasteiger partial charge >= 0.3 is 0 Å². The van der Waals surface area contributed by atoms with Gasteiger partial charge in [-0.05, 0) is 41.7 Å². The maximum Gasteiger partial charge on any atom is 0.247 e. The second-order valence-corrected chi connectivity index (χ2v) is 8.53. The molecule has 0 aliphatic rings. The van der Waals surface area contributed by atoms with Crippen LogP contribution in [-0.4, -0.2) is 23.3 Å². The van der Waals surface area contributed by atoms with E-state index in [2.05, 4.69) is 12.2 Å². The zero-order chi connectivity index (χ0) is 23.5. The first kappa shape index (κ1) is 24.5. The van der Waals surface area contributed by atoms with Crippen LogP contribution in [0, 0.1) is 0 Å². The van der Waals surface area contributed by atoms with E-state index >= 15 is 0 Å². The lowest BCUT2D eigenvalue weighted by atomic mass is 10.0. The molecule has 0 saturated carbocycles. The Morgan fingerprint density at radius 1 is 0.879 bits per heavy atom. The lowest BCUT2D eigenvalue weighted by Gasteiger charge is -2.32. The van der Waals surface area contributed by atoms with Crippen LogP contribution >= 0.6 is 11.6 Å². The summed E-state index contributed by atoms with van der Waals surface area (Å²) in [7, 11) is 0. The van der Waals surface area contributed by atoms with Gasteiger partial charge in [-0.2, -0.15) is 0 Å². The second-order valence-electron chi connectivity index (χ2n) is 8.09. The summed E-state index contributed by atoms with van der Waals surface area (Å²) in [4.78, 5) is 28.6. The number of benzene rings is 3. The molecule has 1 N–H and O–H groups in total. The molecule has 0 aliphatic heterocycles. The third-order valence-corrected chi connectivity index (χ3v) is 5.81. The predicted molar refractivity (Wildman–Crippen MR) is 134 cm³/mol. The minimum atomic E-state index is -0.706. The van der Waals surface area contributed by atoms with E-state index in [0.29, 0.717) is 31.0 Å². The lowest BCUT2D eigenvalue weighted by molar-refractivity contribution is -0.141. The van der Waals surface area contributed by atoms with E-state index in [9.17, 15) is 9.59 Å². The maximum absolute atomic E-state index is 13.6. The van der Waals surface area contributed by atoms with Gasteiger partial charge < -0.3 is 10.2 Å². The molecule has 33 heavy (non-hydrogen) atoms. The van der Waals surface area contributed by atoms with Crippen molar-refractivity contribution in [2.24, 2.45) is 0 Å². The molecular formula is C28H31ClN2O2. The molecular weight excluding hydrogens is 432 g/mol. The third kappa shape index (κ3) is 7.47. The minimum absolute atomic E-state index is 0.0618. The van der Waals surface area contributed by atoms with Gasteiger partial charge in [-0.15, -0.1) is 0 Å². The van der Waals surface area contributed by atoms with E-state index in [4.69, 9.17) is 11.6 Å². The Bertz CT molecular complexity index is 1010. The van der Waals surface area contributed by atoms with Crippen molar-refractivity contribution >= 4 is 23.4 Å². The number of nitrogens with zero attached hydrogens (tertiary/aromatic N) is 1. The fourth-order valence-corrected chi connectivity index (χ4v) is 3.87.